The van der Waals surface area contributed by atoms with Crippen molar-refractivity contribution in [3.8, 4) is 5.69 Å². The first-order chi connectivity index (χ1) is 13.5. The van der Waals surface area contributed by atoms with Crippen molar-refractivity contribution < 1.29 is 4.92 Å². The molecule has 7 nitrogen and oxygen atoms in total. The number of halogens is 1. The van der Waals surface area contributed by atoms with E-state index >= 15 is 0 Å². The second kappa shape index (κ2) is 7.65. The van der Waals surface area contributed by atoms with Crippen molar-refractivity contribution in [2.45, 2.75) is 17.4 Å². The standard InChI is InChI=1S/C19H15ClN4O3S/c20-18-16(22-15-9-10-28-17-4-2-1-3-14(15)17)11-21-23(19(18)25)12-5-7-13(8-6-12)24(26)27/h1-8,11,15,22H,9-10H2. The maximum Gasteiger partial charge on any atom is 0.292 e. The second-order valence-corrected chi connectivity index (χ2v) is 7.75. The number of benzene rings is 2. The van der Waals surface area contributed by atoms with Gasteiger partial charge in [-0.25, -0.2) is 0 Å². The smallest absolute Gasteiger partial charge is 0.292 e. The van der Waals surface area contributed by atoms with Crippen LogP contribution < -0.4 is 10.9 Å². The average molecular weight is 415 g/mol. The molecule has 0 amide bonds. The Bertz CT molecular complexity index is 1100. The molecule has 4 rings (SSSR count). The van der Waals surface area contributed by atoms with Crippen molar-refractivity contribution in [1.29, 1.82) is 0 Å². The number of thioether (sulfide) groups is 1. The van der Waals surface area contributed by atoms with Gasteiger partial charge in [0.1, 0.15) is 5.02 Å². The molecule has 0 bridgehead atoms. The van der Waals surface area contributed by atoms with E-state index in [1.165, 1.54) is 40.9 Å². The van der Waals surface area contributed by atoms with Crippen LogP contribution in [0, 0.1) is 10.1 Å². The number of rotatable bonds is 4. The highest BCUT2D eigenvalue weighted by Crippen LogP contribution is 2.38. The first kappa shape index (κ1) is 18.5. The molecule has 0 saturated carbocycles. The maximum absolute atomic E-state index is 12.7. The lowest BCUT2D eigenvalue weighted by Crippen LogP contribution is -2.24. The Balaban J connectivity index is 1.64. The summed E-state index contributed by atoms with van der Waals surface area (Å²) >= 11 is 8.14. The lowest BCUT2D eigenvalue weighted by atomic mass is 10.0. The third-order valence-electron chi connectivity index (χ3n) is 4.51. The average Bonchev–Trinajstić information content (AvgIpc) is 2.72. The van der Waals surface area contributed by atoms with Gasteiger partial charge in [0.2, 0.25) is 0 Å². The summed E-state index contributed by atoms with van der Waals surface area (Å²) in [6.07, 6.45) is 2.42. The molecule has 0 spiro atoms. The Morgan fingerprint density at radius 1 is 1.21 bits per heavy atom. The fourth-order valence-electron chi connectivity index (χ4n) is 3.11. The molecule has 0 radical (unpaired) electrons. The summed E-state index contributed by atoms with van der Waals surface area (Å²) < 4.78 is 1.13. The number of nitro groups is 1. The predicted molar refractivity (Wildman–Crippen MR) is 110 cm³/mol. The molecule has 1 aliphatic heterocycles. The van der Waals surface area contributed by atoms with Crippen molar-refractivity contribution in [2.24, 2.45) is 0 Å². The van der Waals surface area contributed by atoms with Crippen molar-refractivity contribution in [1.82, 2.24) is 9.78 Å². The van der Waals surface area contributed by atoms with Crippen molar-refractivity contribution >= 4 is 34.7 Å². The number of hydrogen-bond donors (Lipinski definition) is 1. The Morgan fingerprint density at radius 3 is 2.71 bits per heavy atom. The fourth-order valence-corrected chi connectivity index (χ4v) is 4.42. The molecule has 3 aromatic rings. The van der Waals surface area contributed by atoms with Gasteiger partial charge in [-0.1, -0.05) is 29.8 Å². The molecule has 9 heteroatoms. The van der Waals surface area contributed by atoms with Crippen LogP contribution in [0.2, 0.25) is 5.02 Å². The van der Waals surface area contributed by atoms with Gasteiger partial charge in [-0.15, -0.1) is 11.8 Å². The zero-order valence-corrected chi connectivity index (χ0v) is 16.1. The van der Waals surface area contributed by atoms with Crippen LogP contribution >= 0.6 is 23.4 Å². The van der Waals surface area contributed by atoms with E-state index < -0.39 is 10.5 Å². The number of anilines is 1. The Hall–Kier alpha value is -2.84. The summed E-state index contributed by atoms with van der Waals surface area (Å²) in [4.78, 5) is 24.2. The molecule has 0 saturated heterocycles. The van der Waals surface area contributed by atoms with Crippen LogP contribution in [0.25, 0.3) is 5.69 Å². The topological polar surface area (TPSA) is 90.1 Å². The number of nitro benzene ring substituents is 1. The molecule has 0 fully saturated rings. The summed E-state index contributed by atoms with van der Waals surface area (Å²) in [5.41, 5.74) is 1.50. The monoisotopic (exact) mass is 414 g/mol. The van der Waals surface area contributed by atoms with Gasteiger partial charge in [-0.05, 0) is 30.2 Å². The van der Waals surface area contributed by atoms with Crippen LogP contribution in [-0.4, -0.2) is 20.5 Å². The van der Waals surface area contributed by atoms with E-state index in [9.17, 15) is 14.9 Å². The van der Waals surface area contributed by atoms with Gasteiger partial charge in [0.25, 0.3) is 11.2 Å². The van der Waals surface area contributed by atoms with E-state index in [0.29, 0.717) is 11.4 Å². The highest BCUT2D eigenvalue weighted by Gasteiger charge is 2.22. The molecular weight excluding hydrogens is 400 g/mol. The molecule has 1 aromatic heterocycles. The van der Waals surface area contributed by atoms with Crippen molar-refractivity contribution in [3.63, 3.8) is 0 Å². The largest absolute Gasteiger partial charge is 0.375 e. The lowest BCUT2D eigenvalue weighted by Gasteiger charge is -2.27. The molecule has 142 valence electrons. The Kier molecular flexibility index (Phi) is 5.06. The molecular formula is C19H15ClN4O3S. The molecule has 28 heavy (non-hydrogen) atoms. The van der Waals surface area contributed by atoms with Gasteiger partial charge < -0.3 is 5.32 Å². The number of fused-ring (bicyclic) bond motifs is 1. The molecule has 1 atom stereocenters. The fraction of sp³-hybridized carbons (Fsp3) is 0.158. The number of hydrogen-bond acceptors (Lipinski definition) is 6. The van der Waals surface area contributed by atoms with Crippen LogP contribution in [-0.2, 0) is 0 Å². The normalized spacial score (nSPS) is 15.7. The van der Waals surface area contributed by atoms with E-state index in [1.54, 1.807) is 0 Å². The second-order valence-electron chi connectivity index (χ2n) is 6.23. The van der Waals surface area contributed by atoms with E-state index in [0.717, 1.165) is 16.9 Å². The van der Waals surface area contributed by atoms with Crippen LogP contribution in [0.3, 0.4) is 0 Å². The predicted octanol–water partition coefficient (Wildman–Crippen LogP) is 4.44. The third kappa shape index (κ3) is 3.48. The number of nitrogens with one attached hydrogen (secondary N) is 1. The minimum absolute atomic E-state index is 0.0315. The van der Waals surface area contributed by atoms with E-state index in [1.807, 2.05) is 23.9 Å². The van der Waals surface area contributed by atoms with Gasteiger partial charge >= 0.3 is 0 Å². The zero-order chi connectivity index (χ0) is 19.7. The van der Waals surface area contributed by atoms with E-state index in [-0.39, 0.29) is 16.8 Å². The highest BCUT2D eigenvalue weighted by molar-refractivity contribution is 7.99. The number of aromatic nitrogens is 2. The van der Waals surface area contributed by atoms with Gasteiger partial charge in [0, 0.05) is 22.8 Å². The molecule has 2 aromatic carbocycles. The summed E-state index contributed by atoms with van der Waals surface area (Å²) in [6, 6.07) is 13.8. The minimum atomic E-state index is -0.500. The molecule has 2 heterocycles. The Labute approximate surface area is 169 Å². The summed E-state index contributed by atoms with van der Waals surface area (Å²) in [5, 5.41) is 18.3. The van der Waals surface area contributed by atoms with Crippen LogP contribution in [0.5, 0.6) is 0 Å². The van der Waals surface area contributed by atoms with Crippen LogP contribution in [0.4, 0.5) is 11.4 Å². The lowest BCUT2D eigenvalue weighted by molar-refractivity contribution is -0.384. The molecule has 1 aliphatic rings. The zero-order valence-electron chi connectivity index (χ0n) is 14.5. The molecule has 1 unspecified atom stereocenters. The van der Waals surface area contributed by atoms with E-state index in [4.69, 9.17) is 11.6 Å². The maximum atomic E-state index is 12.7. The third-order valence-corrected chi connectivity index (χ3v) is 6.00. The van der Waals surface area contributed by atoms with Gasteiger partial charge in [-0.3, -0.25) is 14.9 Å². The van der Waals surface area contributed by atoms with Gasteiger partial charge in [-0.2, -0.15) is 9.78 Å². The summed E-state index contributed by atoms with van der Waals surface area (Å²) in [5.74, 6) is 0.972. The minimum Gasteiger partial charge on any atom is -0.375 e. The van der Waals surface area contributed by atoms with E-state index in [2.05, 4.69) is 22.5 Å². The highest BCUT2D eigenvalue weighted by atomic mass is 35.5. The van der Waals surface area contributed by atoms with Gasteiger partial charge in [0.15, 0.2) is 0 Å². The summed E-state index contributed by atoms with van der Waals surface area (Å²) in [6.45, 7) is 0. The number of non-ortho nitro benzene ring substituents is 1. The van der Waals surface area contributed by atoms with Crippen molar-refractivity contribution in [3.05, 3.63) is 85.8 Å². The first-order valence-electron chi connectivity index (χ1n) is 8.55. The quantitative estimate of drug-likeness (QED) is 0.501. The Morgan fingerprint density at radius 2 is 1.96 bits per heavy atom. The van der Waals surface area contributed by atoms with Crippen LogP contribution in [0.15, 0.2) is 64.4 Å². The number of nitrogens with zero attached hydrogens (tertiary/aromatic N) is 3. The molecule has 0 aliphatic carbocycles. The first-order valence-corrected chi connectivity index (χ1v) is 9.92. The molecule has 1 N–H and O–H groups in total. The van der Waals surface area contributed by atoms with Crippen LogP contribution in [0.1, 0.15) is 18.0 Å². The SMILES string of the molecule is O=c1c(Cl)c(NC2CCSc3ccccc32)cnn1-c1ccc([N+](=O)[O-])cc1. The summed E-state index contributed by atoms with van der Waals surface area (Å²) in [7, 11) is 0. The van der Waals surface area contributed by atoms with Crippen molar-refractivity contribution in [2.75, 3.05) is 11.1 Å². The van der Waals surface area contributed by atoms with Gasteiger partial charge in [0.05, 0.1) is 28.5 Å².